The van der Waals surface area contributed by atoms with E-state index >= 15 is 0 Å². The van der Waals surface area contributed by atoms with Crippen LogP contribution in [0.4, 0.5) is 11.5 Å². The van der Waals surface area contributed by atoms with Crippen molar-refractivity contribution in [1.82, 2.24) is 10.1 Å². The summed E-state index contributed by atoms with van der Waals surface area (Å²) in [5.74, 6) is -0.0792. The molecule has 2 aromatic heterocycles. The first-order valence-corrected chi connectivity index (χ1v) is 7.78. The summed E-state index contributed by atoms with van der Waals surface area (Å²) in [5.41, 5.74) is -0.0907. The fourth-order valence-electron chi connectivity index (χ4n) is 2.28. The van der Waals surface area contributed by atoms with Gasteiger partial charge in [-0.25, -0.2) is 0 Å². The third-order valence-electron chi connectivity index (χ3n) is 3.89. The van der Waals surface area contributed by atoms with Gasteiger partial charge in [-0.05, 0) is 32.9 Å². The number of carbonyl (C=O) groups is 2. The normalized spacial score (nSPS) is 11.3. The highest BCUT2D eigenvalue weighted by Gasteiger charge is 2.36. The lowest BCUT2D eigenvalue weighted by atomic mass is 9.91. The second kappa shape index (κ2) is 6.35. The predicted octanol–water partition coefficient (Wildman–Crippen LogP) is 3.13. The first-order chi connectivity index (χ1) is 11.9. The second-order valence-electron chi connectivity index (χ2n) is 6.24. The number of hydrogen-bond donors (Lipinski definition) is 2. The van der Waals surface area contributed by atoms with E-state index in [-0.39, 0.29) is 5.82 Å². The maximum atomic E-state index is 12.7. The summed E-state index contributed by atoms with van der Waals surface area (Å²) in [7, 11) is 0. The van der Waals surface area contributed by atoms with Gasteiger partial charge in [0, 0.05) is 17.6 Å². The van der Waals surface area contributed by atoms with Gasteiger partial charge in [0.25, 0.3) is 0 Å². The number of para-hydroxylation sites is 1. The Morgan fingerprint density at radius 2 is 1.80 bits per heavy atom. The van der Waals surface area contributed by atoms with Crippen molar-refractivity contribution in [2.75, 3.05) is 10.6 Å². The van der Waals surface area contributed by atoms with Gasteiger partial charge < -0.3 is 15.2 Å². The maximum Gasteiger partial charge on any atom is 0.240 e. The van der Waals surface area contributed by atoms with Crippen molar-refractivity contribution in [2.45, 2.75) is 20.8 Å². The Morgan fingerprint density at radius 3 is 2.52 bits per heavy atom. The molecule has 128 valence electrons. The van der Waals surface area contributed by atoms with Crippen LogP contribution in [0.3, 0.4) is 0 Å². The van der Waals surface area contributed by atoms with Gasteiger partial charge in [-0.2, -0.15) is 0 Å². The molecule has 0 fully saturated rings. The van der Waals surface area contributed by atoms with E-state index in [1.807, 2.05) is 24.3 Å². The number of rotatable bonds is 4. The zero-order chi connectivity index (χ0) is 18.0. The van der Waals surface area contributed by atoms with Crippen molar-refractivity contribution < 1.29 is 14.1 Å². The number of pyridine rings is 1. The molecule has 0 bridgehead atoms. The van der Waals surface area contributed by atoms with Crippen LogP contribution >= 0.6 is 0 Å². The number of aromatic nitrogens is 2. The zero-order valence-corrected chi connectivity index (χ0v) is 14.2. The fourth-order valence-corrected chi connectivity index (χ4v) is 2.28. The van der Waals surface area contributed by atoms with Crippen molar-refractivity contribution in [1.29, 1.82) is 0 Å². The van der Waals surface area contributed by atoms with Gasteiger partial charge in [-0.3, -0.25) is 14.6 Å². The topological polar surface area (TPSA) is 97.1 Å². The first kappa shape index (κ1) is 16.6. The van der Waals surface area contributed by atoms with Crippen LogP contribution in [0, 0.1) is 12.3 Å². The zero-order valence-electron chi connectivity index (χ0n) is 14.2. The monoisotopic (exact) mass is 338 g/mol. The molecule has 2 N–H and O–H groups in total. The Kier molecular flexibility index (Phi) is 4.22. The Hall–Kier alpha value is -3.22. The second-order valence-corrected chi connectivity index (χ2v) is 6.24. The highest BCUT2D eigenvalue weighted by Crippen LogP contribution is 2.25. The lowest BCUT2D eigenvalue weighted by Gasteiger charge is -2.22. The molecule has 2 heterocycles. The van der Waals surface area contributed by atoms with Crippen molar-refractivity contribution in [3.8, 4) is 0 Å². The minimum absolute atomic E-state index is 0.273. The highest BCUT2D eigenvalue weighted by molar-refractivity contribution is 6.15. The molecule has 0 aliphatic rings. The SMILES string of the molecule is Cc1cc(NC(=O)C(C)(C)C(=O)Nc2cccc3cccnc23)no1. The summed E-state index contributed by atoms with van der Waals surface area (Å²) < 4.78 is 4.91. The number of benzene rings is 1. The number of nitrogens with one attached hydrogen (secondary N) is 2. The van der Waals surface area contributed by atoms with Gasteiger partial charge in [0.05, 0.1) is 11.2 Å². The largest absolute Gasteiger partial charge is 0.360 e. The van der Waals surface area contributed by atoms with E-state index in [1.165, 1.54) is 0 Å². The number of amides is 2. The quantitative estimate of drug-likeness (QED) is 0.712. The molecule has 3 rings (SSSR count). The van der Waals surface area contributed by atoms with E-state index < -0.39 is 17.2 Å². The van der Waals surface area contributed by atoms with E-state index in [9.17, 15) is 9.59 Å². The van der Waals surface area contributed by atoms with Crippen LogP contribution in [0.15, 0.2) is 47.1 Å². The fraction of sp³-hybridized carbons (Fsp3) is 0.222. The standard InChI is InChI=1S/C18H18N4O3/c1-11-10-14(22-25-11)21-17(24)18(2,3)16(23)20-13-8-4-6-12-7-5-9-19-15(12)13/h4-10H,1-3H3,(H,20,23)(H,21,22,24). The molecule has 0 atom stereocenters. The lowest BCUT2D eigenvalue weighted by Crippen LogP contribution is -2.41. The highest BCUT2D eigenvalue weighted by atomic mass is 16.5. The van der Waals surface area contributed by atoms with Gasteiger partial charge in [-0.15, -0.1) is 0 Å². The third-order valence-corrected chi connectivity index (χ3v) is 3.89. The predicted molar refractivity (Wildman–Crippen MR) is 94.0 cm³/mol. The first-order valence-electron chi connectivity index (χ1n) is 7.78. The van der Waals surface area contributed by atoms with E-state index in [0.717, 1.165) is 5.39 Å². The summed E-state index contributed by atoms with van der Waals surface area (Å²) >= 11 is 0. The van der Waals surface area contributed by atoms with Crippen LogP contribution in [0.5, 0.6) is 0 Å². The molecule has 1 aromatic carbocycles. The van der Waals surface area contributed by atoms with E-state index in [2.05, 4.69) is 20.8 Å². The number of hydrogen-bond acceptors (Lipinski definition) is 5. The Morgan fingerprint density at radius 1 is 1.08 bits per heavy atom. The van der Waals surface area contributed by atoms with Crippen LogP contribution in [0.1, 0.15) is 19.6 Å². The van der Waals surface area contributed by atoms with Crippen LogP contribution in [0.25, 0.3) is 10.9 Å². The van der Waals surface area contributed by atoms with Gasteiger partial charge in [-0.1, -0.05) is 23.4 Å². The van der Waals surface area contributed by atoms with Crippen LogP contribution in [0.2, 0.25) is 0 Å². The molecular formula is C18H18N4O3. The van der Waals surface area contributed by atoms with Gasteiger partial charge in [0.2, 0.25) is 11.8 Å². The van der Waals surface area contributed by atoms with Crippen LogP contribution in [-0.4, -0.2) is 22.0 Å². The van der Waals surface area contributed by atoms with Crippen LogP contribution in [-0.2, 0) is 9.59 Å². The molecule has 0 aliphatic carbocycles. The molecule has 7 nitrogen and oxygen atoms in total. The maximum absolute atomic E-state index is 12.7. The van der Waals surface area contributed by atoms with Crippen molar-refractivity contribution >= 4 is 34.2 Å². The minimum atomic E-state index is -1.32. The third kappa shape index (κ3) is 3.35. The van der Waals surface area contributed by atoms with Crippen molar-refractivity contribution in [3.63, 3.8) is 0 Å². The van der Waals surface area contributed by atoms with Crippen LogP contribution < -0.4 is 10.6 Å². The molecule has 7 heteroatoms. The average Bonchev–Trinajstić information content (AvgIpc) is 3.00. The lowest BCUT2D eigenvalue weighted by molar-refractivity contribution is -0.135. The summed E-state index contributed by atoms with van der Waals surface area (Å²) in [6.45, 7) is 4.81. The number of carbonyl (C=O) groups excluding carboxylic acids is 2. The Balaban J connectivity index is 1.79. The number of nitrogens with zero attached hydrogens (tertiary/aromatic N) is 2. The summed E-state index contributed by atoms with van der Waals surface area (Å²) in [5, 5.41) is 9.99. The van der Waals surface area contributed by atoms with Crippen molar-refractivity contribution in [2.24, 2.45) is 5.41 Å². The molecule has 0 aliphatic heterocycles. The molecule has 0 spiro atoms. The van der Waals surface area contributed by atoms with E-state index in [1.54, 1.807) is 39.1 Å². The summed E-state index contributed by atoms with van der Waals surface area (Å²) in [6.07, 6.45) is 1.66. The Labute approximate surface area is 144 Å². The van der Waals surface area contributed by atoms with Gasteiger partial charge in [0.15, 0.2) is 5.82 Å². The smallest absolute Gasteiger partial charge is 0.240 e. The molecular weight excluding hydrogens is 320 g/mol. The molecule has 0 unspecified atom stereocenters. The Bertz CT molecular complexity index is 941. The molecule has 25 heavy (non-hydrogen) atoms. The summed E-state index contributed by atoms with van der Waals surface area (Å²) in [4.78, 5) is 29.4. The number of fused-ring (bicyclic) bond motifs is 1. The molecule has 3 aromatic rings. The van der Waals surface area contributed by atoms with E-state index in [4.69, 9.17) is 4.52 Å². The molecule has 0 saturated carbocycles. The molecule has 2 amide bonds. The van der Waals surface area contributed by atoms with Gasteiger partial charge >= 0.3 is 0 Å². The minimum Gasteiger partial charge on any atom is -0.360 e. The van der Waals surface area contributed by atoms with Gasteiger partial charge in [0.1, 0.15) is 11.2 Å². The molecule has 0 radical (unpaired) electrons. The number of anilines is 2. The molecule has 0 saturated heterocycles. The average molecular weight is 338 g/mol. The van der Waals surface area contributed by atoms with E-state index in [0.29, 0.717) is 17.0 Å². The number of aryl methyl sites for hydroxylation is 1. The summed E-state index contributed by atoms with van der Waals surface area (Å²) in [6, 6.07) is 10.8. The van der Waals surface area contributed by atoms with Crippen molar-refractivity contribution in [3.05, 3.63) is 48.4 Å².